The first-order valence-electron chi connectivity index (χ1n) is 5.40. The van der Waals surface area contributed by atoms with Crippen LogP contribution in [-0.2, 0) is 0 Å². The van der Waals surface area contributed by atoms with Crippen molar-refractivity contribution in [1.29, 1.82) is 0 Å². The van der Waals surface area contributed by atoms with Crippen LogP contribution >= 0.6 is 39.1 Å². The molecule has 0 atom stereocenters. The van der Waals surface area contributed by atoms with Gasteiger partial charge in [-0.15, -0.1) is 0 Å². The summed E-state index contributed by atoms with van der Waals surface area (Å²) in [6.07, 6.45) is 1.47. The second-order valence-corrected chi connectivity index (χ2v) is 5.49. The first-order valence-corrected chi connectivity index (χ1v) is 6.95. The SMILES string of the molecule is O=[N+]([O-])c1ccc(Cl)c(C=Nc2ccc(Br)c(Cl)c2)c1. The maximum Gasteiger partial charge on any atom is 0.270 e. The Morgan fingerprint density at radius 1 is 1.15 bits per heavy atom. The van der Waals surface area contributed by atoms with E-state index < -0.39 is 4.92 Å². The highest BCUT2D eigenvalue weighted by atomic mass is 79.9. The number of benzene rings is 2. The summed E-state index contributed by atoms with van der Waals surface area (Å²) >= 11 is 15.2. The van der Waals surface area contributed by atoms with Gasteiger partial charge in [-0.25, -0.2) is 0 Å². The molecule has 0 aliphatic rings. The first kappa shape index (κ1) is 15.0. The highest BCUT2D eigenvalue weighted by Gasteiger charge is 2.08. The van der Waals surface area contributed by atoms with Gasteiger partial charge in [-0.2, -0.15) is 0 Å². The van der Waals surface area contributed by atoms with Crippen LogP contribution in [0.3, 0.4) is 0 Å². The highest BCUT2D eigenvalue weighted by Crippen LogP contribution is 2.27. The number of rotatable bonds is 3. The van der Waals surface area contributed by atoms with Gasteiger partial charge >= 0.3 is 0 Å². The van der Waals surface area contributed by atoms with Crippen LogP contribution in [0.5, 0.6) is 0 Å². The van der Waals surface area contributed by atoms with Crippen LogP contribution in [0.1, 0.15) is 5.56 Å². The van der Waals surface area contributed by atoms with Crippen LogP contribution in [0.15, 0.2) is 45.9 Å². The van der Waals surface area contributed by atoms with Gasteiger partial charge in [0.05, 0.1) is 15.6 Å². The third kappa shape index (κ3) is 3.56. The number of hydrogen-bond donors (Lipinski definition) is 0. The third-order valence-corrected chi connectivity index (χ3v) is 4.02. The lowest BCUT2D eigenvalue weighted by Gasteiger charge is -2.00. The van der Waals surface area contributed by atoms with Gasteiger partial charge in [0.25, 0.3) is 5.69 Å². The van der Waals surface area contributed by atoms with Gasteiger partial charge in [0.1, 0.15) is 0 Å². The molecule has 0 amide bonds. The summed E-state index contributed by atoms with van der Waals surface area (Å²) in [7, 11) is 0. The minimum atomic E-state index is -0.482. The van der Waals surface area contributed by atoms with Gasteiger partial charge in [-0.1, -0.05) is 23.2 Å². The number of hydrogen-bond acceptors (Lipinski definition) is 3. The van der Waals surface area contributed by atoms with Crippen molar-refractivity contribution in [3.63, 3.8) is 0 Å². The molecule has 4 nitrogen and oxygen atoms in total. The van der Waals surface area contributed by atoms with E-state index in [2.05, 4.69) is 20.9 Å². The lowest BCUT2D eigenvalue weighted by molar-refractivity contribution is -0.384. The smallest absolute Gasteiger partial charge is 0.258 e. The summed E-state index contributed by atoms with van der Waals surface area (Å²) < 4.78 is 0.770. The minimum Gasteiger partial charge on any atom is -0.258 e. The van der Waals surface area contributed by atoms with Crippen LogP contribution in [0.2, 0.25) is 10.0 Å². The van der Waals surface area contributed by atoms with Crippen molar-refractivity contribution in [2.24, 2.45) is 4.99 Å². The van der Waals surface area contributed by atoms with Gasteiger partial charge in [0, 0.05) is 33.4 Å². The Morgan fingerprint density at radius 3 is 2.55 bits per heavy atom. The minimum absolute atomic E-state index is 0.0373. The first-order chi connectivity index (χ1) is 9.47. The zero-order chi connectivity index (χ0) is 14.7. The summed E-state index contributed by atoms with van der Waals surface area (Å²) in [5, 5.41) is 11.6. The molecule has 0 N–H and O–H groups in total. The van der Waals surface area contributed by atoms with Crippen molar-refractivity contribution in [1.82, 2.24) is 0 Å². The molecular formula is C13H7BrCl2N2O2. The Hall–Kier alpha value is -1.43. The fourth-order valence-corrected chi connectivity index (χ4v) is 2.04. The number of nitrogens with zero attached hydrogens (tertiary/aromatic N) is 2. The van der Waals surface area contributed by atoms with E-state index in [9.17, 15) is 10.1 Å². The molecule has 20 heavy (non-hydrogen) atoms. The average Bonchev–Trinajstić information content (AvgIpc) is 2.41. The molecule has 0 heterocycles. The molecule has 0 saturated heterocycles. The lowest BCUT2D eigenvalue weighted by atomic mass is 10.2. The zero-order valence-corrected chi connectivity index (χ0v) is 13.0. The normalized spacial score (nSPS) is 10.9. The maximum atomic E-state index is 10.7. The van der Waals surface area contributed by atoms with Crippen molar-refractivity contribution < 1.29 is 4.92 Å². The monoisotopic (exact) mass is 372 g/mol. The van der Waals surface area contributed by atoms with E-state index in [4.69, 9.17) is 23.2 Å². The predicted octanol–water partition coefficient (Wildman–Crippen LogP) is 5.41. The molecule has 0 bridgehead atoms. The van der Waals surface area contributed by atoms with Gasteiger partial charge in [0.2, 0.25) is 0 Å². The van der Waals surface area contributed by atoms with Crippen molar-refractivity contribution >= 4 is 56.7 Å². The summed E-state index contributed by atoms with van der Waals surface area (Å²) in [4.78, 5) is 14.4. The fourth-order valence-electron chi connectivity index (χ4n) is 1.45. The van der Waals surface area contributed by atoms with Gasteiger partial charge in [0.15, 0.2) is 0 Å². The highest BCUT2D eigenvalue weighted by molar-refractivity contribution is 9.10. The quantitative estimate of drug-likeness (QED) is 0.410. The molecule has 0 spiro atoms. The van der Waals surface area contributed by atoms with Crippen molar-refractivity contribution in [2.45, 2.75) is 0 Å². The molecular weight excluding hydrogens is 367 g/mol. The van der Waals surface area contributed by atoms with E-state index in [0.717, 1.165) is 4.47 Å². The Bertz CT molecular complexity index is 705. The van der Waals surface area contributed by atoms with Crippen LogP contribution < -0.4 is 0 Å². The fraction of sp³-hybridized carbons (Fsp3) is 0. The van der Waals surface area contributed by atoms with Gasteiger partial charge in [-0.05, 0) is 40.2 Å². The second kappa shape index (κ2) is 6.35. The Labute approximate surface area is 133 Å². The predicted molar refractivity (Wildman–Crippen MR) is 84.5 cm³/mol. The average molecular weight is 374 g/mol. The second-order valence-electron chi connectivity index (χ2n) is 3.82. The van der Waals surface area contributed by atoms with E-state index in [1.807, 2.05) is 0 Å². The Morgan fingerprint density at radius 2 is 1.90 bits per heavy atom. The Balaban J connectivity index is 2.33. The third-order valence-electron chi connectivity index (χ3n) is 2.45. The van der Waals surface area contributed by atoms with Crippen molar-refractivity contribution in [3.05, 3.63) is 66.6 Å². The van der Waals surface area contributed by atoms with Gasteiger partial charge < -0.3 is 0 Å². The molecule has 0 aliphatic heterocycles. The largest absolute Gasteiger partial charge is 0.270 e. The van der Waals surface area contributed by atoms with Gasteiger partial charge in [-0.3, -0.25) is 15.1 Å². The van der Waals surface area contributed by atoms with Crippen LogP contribution in [0.4, 0.5) is 11.4 Å². The number of nitro benzene ring substituents is 1. The van der Waals surface area contributed by atoms with Crippen molar-refractivity contribution in [3.8, 4) is 0 Å². The van der Waals surface area contributed by atoms with E-state index in [-0.39, 0.29) is 5.69 Å². The molecule has 0 aliphatic carbocycles. The molecule has 0 saturated carbocycles. The van der Waals surface area contributed by atoms with E-state index in [0.29, 0.717) is 21.3 Å². The summed E-state index contributed by atoms with van der Waals surface area (Å²) in [5.41, 5.74) is 1.06. The number of aliphatic imine (C=N–C) groups is 1. The summed E-state index contributed by atoms with van der Waals surface area (Å²) in [6, 6.07) is 9.38. The standard InChI is InChI=1S/C13H7BrCl2N2O2/c14-11-3-1-9(6-13(11)16)17-7-8-5-10(18(19)20)2-4-12(8)15/h1-7H. The van der Waals surface area contributed by atoms with Crippen molar-refractivity contribution in [2.75, 3.05) is 0 Å². The molecule has 2 rings (SSSR count). The van der Waals surface area contributed by atoms with Crippen LogP contribution in [0, 0.1) is 10.1 Å². The summed E-state index contributed by atoms with van der Waals surface area (Å²) in [5.74, 6) is 0. The van der Waals surface area contributed by atoms with E-state index in [1.54, 1.807) is 18.2 Å². The molecule has 0 radical (unpaired) electrons. The Kier molecular flexibility index (Phi) is 4.75. The molecule has 102 valence electrons. The molecule has 0 aromatic heterocycles. The molecule has 7 heteroatoms. The summed E-state index contributed by atoms with van der Waals surface area (Å²) in [6.45, 7) is 0. The molecule has 0 unspecified atom stereocenters. The lowest BCUT2D eigenvalue weighted by Crippen LogP contribution is -1.90. The number of nitro groups is 1. The van der Waals surface area contributed by atoms with Crippen LogP contribution in [-0.4, -0.2) is 11.1 Å². The zero-order valence-electron chi connectivity index (χ0n) is 9.89. The topological polar surface area (TPSA) is 55.5 Å². The maximum absolute atomic E-state index is 10.7. The van der Waals surface area contributed by atoms with E-state index in [1.165, 1.54) is 24.4 Å². The molecule has 2 aromatic carbocycles. The van der Waals surface area contributed by atoms with Crippen LogP contribution in [0.25, 0.3) is 0 Å². The number of halogens is 3. The molecule has 2 aromatic rings. The van der Waals surface area contributed by atoms with E-state index >= 15 is 0 Å². The number of non-ortho nitro benzene ring substituents is 1. The molecule has 0 fully saturated rings.